The van der Waals surface area contributed by atoms with E-state index < -0.39 is 11.6 Å². The Morgan fingerprint density at radius 1 is 0.591 bits per heavy atom. The summed E-state index contributed by atoms with van der Waals surface area (Å²) in [4.78, 5) is 27.3. The minimum absolute atomic E-state index is 0.124. The van der Waals surface area contributed by atoms with Gasteiger partial charge in [-0.2, -0.15) is 0 Å². The van der Waals surface area contributed by atoms with E-state index >= 15 is 0 Å². The van der Waals surface area contributed by atoms with Gasteiger partial charge in [0.15, 0.2) is 23.1 Å². The van der Waals surface area contributed by atoms with Crippen molar-refractivity contribution < 1.29 is 47.9 Å². The van der Waals surface area contributed by atoms with Crippen LogP contribution in [0.1, 0.15) is 16.7 Å². The van der Waals surface area contributed by atoms with Crippen molar-refractivity contribution in [2.45, 2.75) is 0 Å². The second kappa shape index (κ2) is 15.5. The van der Waals surface area contributed by atoms with Crippen LogP contribution in [0, 0.1) is 0 Å². The van der Waals surface area contributed by atoms with Gasteiger partial charge in [0.1, 0.15) is 34.5 Å². The zero-order valence-corrected chi connectivity index (χ0v) is 26.9. The number of methoxy groups -OCH3 is 7. The average Bonchev–Trinajstić information content (AvgIpc) is 3.05. The number of hydrogen-bond donors (Lipinski definition) is 1. The van der Waals surface area contributed by atoms with Crippen LogP contribution in [0.5, 0.6) is 46.0 Å². The first kappa shape index (κ1) is 33.6. The highest BCUT2D eigenvalue weighted by Gasteiger charge is 2.19. The van der Waals surface area contributed by atoms with E-state index in [1.54, 1.807) is 30.3 Å². The molecule has 0 bridgehead atoms. The zero-order valence-electron chi connectivity index (χ0n) is 25.4. The number of carbonyl (C=O) groups is 2. The van der Waals surface area contributed by atoms with Crippen molar-refractivity contribution in [1.82, 2.24) is 0 Å². The molecule has 0 unspecified atom stereocenters. The van der Waals surface area contributed by atoms with Gasteiger partial charge in [-0.05, 0) is 64.0 Å². The first-order valence-electron chi connectivity index (χ1n) is 13.0. The Balaban J connectivity index is 2.14. The molecule has 0 spiro atoms. The molecule has 0 aliphatic rings. The summed E-state index contributed by atoms with van der Waals surface area (Å²) in [6.45, 7) is 0. The Morgan fingerprint density at radius 3 is 1.32 bits per heavy atom. The lowest BCUT2D eigenvalue weighted by atomic mass is 10.00. The van der Waals surface area contributed by atoms with Crippen LogP contribution < -0.4 is 33.2 Å². The van der Waals surface area contributed by atoms with Gasteiger partial charge in [0.25, 0.3) is 0 Å². The zero-order chi connectivity index (χ0) is 32.4. The maximum absolute atomic E-state index is 13.7. The van der Waals surface area contributed by atoms with E-state index in [0.717, 1.165) is 0 Å². The molecule has 3 rings (SSSR count). The van der Waals surface area contributed by atoms with Crippen LogP contribution >= 0.6 is 15.9 Å². The number of halogens is 1. The molecule has 0 aliphatic carbocycles. The molecule has 0 amide bonds. The largest absolute Gasteiger partial charge is 0.503 e. The van der Waals surface area contributed by atoms with E-state index in [9.17, 15) is 14.7 Å². The van der Waals surface area contributed by atoms with Gasteiger partial charge >= 0.3 is 0 Å². The molecule has 11 heteroatoms. The molecule has 0 heterocycles. The van der Waals surface area contributed by atoms with Gasteiger partial charge in [0.05, 0.1) is 70.9 Å². The van der Waals surface area contributed by atoms with Crippen molar-refractivity contribution in [3.8, 4) is 46.0 Å². The summed E-state index contributed by atoms with van der Waals surface area (Å²) in [6, 6.07) is 9.64. The van der Waals surface area contributed by atoms with E-state index in [0.29, 0.717) is 55.7 Å². The number of carbonyl (C=O) groups excluding carboxylic acids is 2. The molecule has 3 aromatic rings. The molecule has 0 saturated heterocycles. The summed E-state index contributed by atoms with van der Waals surface area (Å²) in [5.41, 5.74) is 1.17. The third kappa shape index (κ3) is 7.73. The maximum atomic E-state index is 13.7. The van der Waals surface area contributed by atoms with Gasteiger partial charge in [0.2, 0.25) is 0 Å². The number of ketones is 2. The maximum Gasteiger partial charge on any atom is 0.189 e. The molecular weight excluding hydrogens is 636 g/mol. The number of benzene rings is 3. The fourth-order valence-electron chi connectivity index (χ4n) is 4.15. The smallest absolute Gasteiger partial charge is 0.189 e. The van der Waals surface area contributed by atoms with E-state index in [4.69, 9.17) is 33.2 Å². The lowest BCUT2D eigenvalue weighted by Crippen LogP contribution is -2.09. The van der Waals surface area contributed by atoms with Gasteiger partial charge in [-0.25, -0.2) is 0 Å². The fraction of sp³-hybridized carbons (Fsp3) is 0.212. The first-order chi connectivity index (χ1) is 21.1. The van der Waals surface area contributed by atoms with Crippen molar-refractivity contribution in [3.05, 3.63) is 75.3 Å². The summed E-state index contributed by atoms with van der Waals surface area (Å²) < 4.78 is 38.0. The van der Waals surface area contributed by atoms with Gasteiger partial charge in [-0.3, -0.25) is 9.59 Å². The highest BCUT2D eigenvalue weighted by molar-refractivity contribution is 9.10. The van der Waals surface area contributed by atoms with E-state index in [1.165, 1.54) is 86.2 Å². The Kier molecular flexibility index (Phi) is 11.9. The number of phenolic OH excluding ortho intramolecular Hbond substituents is 1. The SMILES string of the molecule is COc1cc(OC)c(/C=C/C(=O)C(=Cc2cc(Br)c(O)c(OC)c2)C(=O)/C=C/c2c(OC)cc(OC)cc2OC)c(OC)c1. The van der Waals surface area contributed by atoms with Crippen LogP contribution in [0.15, 0.2) is 58.6 Å². The minimum Gasteiger partial charge on any atom is -0.503 e. The predicted octanol–water partition coefficient (Wildman–Crippen LogP) is 6.16. The quantitative estimate of drug-likeness (QED) is 0.121. The number of ether oxygens (including phenoxy) is 7. The summed E-state index contributed by atoms with van der Waals surface area (Å²) >= 11 is 3.28. The molecule has 0 atom stereocenters. The normalized spacial score (nSPS) is 10.8. The molecule has 3 aromatic carbocycles. The number of rotatable bonds is 14. The predicted molar refractivity (Wildman–Crippen MR) is 171 cm³/mol. The van der Waals surface area contributed by atoms with Gasteiger partial charge in [-0.15, -0.1) is 0 Å². The Bertz CT molecular complexity index is 1480. The van der Waals surface area contributed by atoms with Crippen LogP contribution in [0.3, 0.4) is 0 Å². The third-order valence-electron chi connectivity index (χ3n) is 6.42. The van der Waals surface area contributed by atoms with Gasteiger partial charge in [-0.1, -0.05) is 0 Å². The van der Waals surface area contributed by atoms with E-state index in [-0.39, 0.29) is 17.1 Å². The number of hydrogen-bond acceptors (Lipinski definition) is 10. The molecule has 0 aromatic heterocycles. The van der Waals surface area contributed by atoms with Crippen LogP contribution in [-0.4, -0.2) is 66.4 Å². The molecule has 1 N–H and O–H groups in total. The average molecular weight is 670 g/mol. The van der Waals surface area contributed by atoms with Crippen LogP contribution in [0.25, 0.3) is 18.2 Å². The second-order valence-electron chi connectivity index (χ2n) is 8.90. The Labute approximate surface area is 264 Å². The van der Waals surface area contributed by atoms with Crippen LogP contribution in [0.2, 0.25) is 0 Å². The molecule has 0 radical (unpaired) electrons. The number of aromatic hydroxyl groups is 1. The number of allylic oxidation sites excluding steroid dienone is 3. The molecule has 0 saturated carbocycles. The van der Waals surface area contributed by atoms with Crippen molar-refractivity contribution in [2.24, 2.45) is 0 Å². The number of phenols is 1. The van der Waals surface area contributed by atoms with Crippen molar-refractivity contribution in [1.29, 1.82) is 0 Å². The third-order valence-corrected chi connectivity index (χ3v) is 7.03. The summed E-state index contributed by atoms with van der Waals surface area (Å²) in [6.07, 6.45) is 6.87. The fourth-order valence-corrected chi connectivity index (χ4v) is 4.61. The Hall–Kier alpha value is -4.90. The second-order valence-corrected chi connectivity index (χ2v) is 9.75. The molecule has 10 nitrogen and oxygen atoms in total. The molecule has 0 aliphatic heterocycles. The van der Waals surface area contributed by atoms with Gasteiger partial charge in [0, 0.05) is 24.3 Å². The summed E-state index contributed by atoms with van der Waals surface area (Å²) in [7, 11) is 10.3. The van der Waals surface area contributed by atoms with Crippen molar-refractivity contribution in [3.63, 3.8) is 0 Å². The van der Waals surface area contributed by atoms with E-state index in [2.05, 4.69) is 15.9 Å². The minimum atomic E-state index is -0.614. The molecule has 232 valence electrons. The van der Waals surface area contributed by atoms with E-state index in [1.807, 2.05) is 0 Å². The summed E-state index contributed by atoms with van der Waals surface area (Å²) in [5.74, 6) is 1.38. The van der Waals surface area contributed by atoms with Crippen LogP contribution in [-0.2, 0) is 9.59 Å². The molecule has 44 heavy (non-hydrogen) atoms. The molecular formula is C33H33BrO10. The Morgan fingerprint density at radius 2 is 0.977 bits per heavy atom. The van der Waals surface area contributed by atoms with Crippen molar-refractivity contribution in [2.75, 3.05) is 49.8 Å². The summed E-state index contributed by atoms with van der Waals surface area (Å²) in [5, 5.41) is 10.3. The van der Waals surface area contributed by atoms with Gasteiger partial charge < -0.3 is 38.3 Å². The lowest BCUT2D eigenvalue weighted by molar-refractivity contribution is -0.116. The standard InChI is InChI=1S/C33H33BrO10/c1-38-20-15-28(40-3)22(29(16-20)41-4)8-10-26(35)24(12-19-13-25(34)33(37)32(14-19)44-7)27(36)11-9-23-30(42-5)17-21(39-2)18-31(23)43-6/h8-18,37H,1-7H3/b10-8+,11-9+. The highest BCUT2D eigenvalue weighted by atomic mass is 79.9. The highest BCUT2D eigenvalue weighted by Crippen LogP contribution is 2.38. The van der Waals surface area contributed by atoms with Crippen molar-refractivity contribution >= 4 is 45.7 Å². The monoisotopic (exact) mass is 668 g/mol. The lowest BCUT2D eigenvalue weighted by Gasteiger charge is -2.13. The molecule has 0 fully saturated rings. The topological polar surface area (TPSA) is 119 Å². The van der Waals surface area contributed by atoms with Crippen LogP contribution in [0.4, 0.5) is 0 Å². The first-order valence-corrected chi connectivity index (χ1v) is 13.8.